The van der Waals surface area contributed by atoms with Gasteiger partial charge in [0.1, 0.15) is 0 Å². The van der Waals surface area contributed by atoms with Gasteiger partial charge in [-0.15, -0.1) is 6.42 Å². The maximum absolute atomic E-state index is 6.42. The Labute approximate surface area is 382 Å². The van der Waals surface area contributed by atoms with Crippen LogP contribution in [0.15, 0.2) is 121 Å². The van der Waals surface area contributed by atoms with Crippen molar-refractivity contribution in [3.05, 3.63) is 144 Å². The van der Waals surface area contributed by atoms with Gasteiger partial charge in [-0.3, -0.25) is 0 Å². The number of terminal acetylenes is 1. The van der Waals surface area contributed by atoms with Gasteiger partial charge in [0.2, 0.25) is 22.4 Å². The van der Waals surface area contributed by atoms with E-state index in [0.717, 1.165) is 32.1 Å². The minimum Gasteiger partial charge on any atom is -0.354 e. The number of rotatable bonds is 17. The van der Waals surface area contributed by atoms with Gasteiger partial charge >= 0.3 is 0 Å². The van der Waals surface area contributed by atoms with Crippen LogP contribution in [0.1, 0.15) is 74.1 Å². The highest BCUT2D eigenvalue weighted by molar-refractivity contribution is 5.55. The molecular formula is C58H56O6. The minimum absolute atomic E-state index is 0.472. The van der Waals surface area contributed by atoms with Crippen molar-refractivity contribution in [2.45, 2.75) is 85.5 Å². The van der Waals surface area contributed by atoms with Crippen molar-refractivity contribution in [2.75, 3.05) is 42.7 Å². The lowest BCUT2D eigenvalue weighted by Crippen LogP contribution is -2.34. The molecule has 5 rings (SSSR count). The largest absolute Gasteiger partial charge is 0.354 e. The molecule has 64 heavy (non-hydrogen) atoms. The topological polar surface area (TPSA) is 55.4 Å². The highest BCUT2D eigenvalue weighted by Gasteiger charge is 2.38. The van der Waals surface area contributed by atoms with Crippen LogP contribution in [0.25, 0.3) is 0 Å². The van der Waals surface area contributed by atoms with Gasteiger partial charge in [0, 0.05) is 64.9 Å². The van der Waals surface area contributed by atoms with E-state index in [1.165, 1.54) is 27.8 Å². The first-order valence-corrected chi connectivity index (χ1v) is 21.4. The summed E-state index contributed by atoms with van der Waals surface area (Å²) in [5.41, 5.74) is -6.76. The number of methoxy groups -OCH3 is 6. The molecule has 0 saturated carbocycles. The molecule has 0 aromatic heterocycles. The summed E-state index contributed by atoms with van der Waals surface area (Å²) < 4.78 is 37.8. The molecule has 0 fully saturated rings. The van der Waals surface area contributed by atoms with E-state index in [2.05, 4.69) is 83.9 Å². The number of benzene rings is 4. The van der Waals surface area contributed by atoms with E-state index in [9.17, 15) is 0 Å². The van der Waals surface area contributed by atoms with Crippen LogP contribution in [0.2, 0.25) is 0 Å². The Kier molecular flexibility index (Phi) is 17.3. The molecule has 6 heteroatoms. The molecule has 0 spiro atoms. The second-order valence-corrected chi connectivity index (χ2v) is 15.1. The fourth-order valence-corrected chi connectivity index (χ4v) is 7.13. The molecule has 6 nitrogen and oxygen atoms in total. The average molecular weight is 849 g/mol. The van der Waals surface area contributed by atoms with Gasteiger partial charge < -0.3 is 28.4 Å². The minimum atomic E-state index is -1.80. The molecule has 4 aromatic carbocycles. The third-order valence-corrected chi connectivity index (χ3v) is 11.2. The van der Waals surface area contributed by atoms with Crippen LogP contribution in [0.5, 0.6) is 0 Å². The zero-order valence-electron chi connectivity index (χ0n) is 38.0. The van der Waals surface area contributed by atoms with Crippen molar-refractivity contribution in [2.24, 2.45) is 0 Å². The Bertz CT molecular complexity index is 2420. The fraction of sp³-hybridized carbons (Fsp3) is 0.345. The SMILES string of the molecule is C#CC1(OC)C#CC(OC)(c2ccccc2)C#CC(OC)(c2ccccc2)C#CC(CCCCCCCC)(OC)C#CC(OC)(c2ccccc2)C#CC(OC)(c2ccccc2)C#C1. The maximum atomic E-state index is 6.42. The summed E-state index contributed by atoms with van der Waals surface area (Å²) >= 11 is 0. The van der Waals surface area contributed by atoms with E-state index < -0.39 is 33.6 Å². The molecule has 1 aliphatic rings. The second kappa shape index (κ2) is 22.8. The molecule has 0 N–H and O–H groups in total. The van der Waals surface area contributed by atoms with Gasteiger partial charge in [-0.2, -0.15) is 0 Å². The summed E-state index contributed by atoms with van der Waals surface area (Å²) in [5.74, 6) is 42.7. The molecule has 0 bridgehead atoms. The summed E-state index contributed by atoms with van der Waals surface area (Å²) in [6.45, 7) is 2.21. The first-order chi connectivity index (χ1) is 31.1. The molecular weight excluding hydrogens is 793 g/mol. The van der Waals surface area contributed by atoms with Crippen molar-refractivity contribution in [1.29, 1.82) is 0 Å². The van der Waals surface area contributed by atoms with Crippen LogP contribution in [-0.4, -0.2) is 53.9 Å². The zero-order chi connectivity index (χ0) is 45.8. The van der Waals surface area contributed by atoms with Gasteiger partial charge in [0.15, 0.2) is 5.60 Å². The Morgan fingerprint density at radius 2 is 0.672 bits per heavy atom. The van der Waals surface area contributed by atoms with E-state index in [-0.39, 0.29) is 0 Å². The van der Waals surface area contributed by atoms with Gasteiger partial charge in [-0.1, -0.05) is 172 Å². The molecule has 4 aromatic rings. The van der Waals surface area contributed by atoms with Crippen LogP contribution in [0, 0.1) is 83.4 Å². The quantitative estimate of drug-likeness (QED) is 0.0781. The summed E-state index contributed by atoms with van der Waals surface area (Å²) in [7, 11) is 9.26. The van der Waals surface area contributed by atoms with Crippen molar-refractivity contribution < 1.29 is 28.4 Å². The fourth-order valence-electron chi connectivity index (χ4n) is 7.13. The third-order valence-electron chi connectivity index (χ3n) is 11.2. The highest BCUT2D eigenvalue weighted by atomic mass is 16.5. The van der Waals surface area contributed by atoms with Gasteiger partial charge in [-0.05, 0) is 78.0 Å². The summed E-state index contributed by atoms with van der Waals surface area (Å²) in [4.78, 5) is 0. The van der Waals surface area contributed by atoms with Crippen LogP contribution in [-0.2, 0) is 50.8 Å². The van der Waals surface area contributed by atoms with Crippen molar-refractivity contribution in [1.82, 2.24) is 0 Å². The lowest BCUT2D eigenvalue weighted by Gasteiger charge is -2.28. The van der Waals surface area contributed by atoms with E-state index in [1.807, 2.05) is 121 Å². The lowest BCUT2D eigenvalue weighted by atomic mass is 9.86. The molecule has 0 aliphatic heterocycles. The molecule has 1 aliphatic carbocycles. The molecule has 4 unspecified atom stereocenters. The van der Waals surface area contributed by atoms with Gasteiger partial charge in [0.25, 0.3) is 5.60 Å². The van der Waals surface area contributed by atoms with Crippen LogP contribution in [0.4, 0.5) is 0 Å². The Morgan fingerprint density at radius 1 is 0.375 bits per heavy atom. The second-order valence-electron chi connectivity index (χ2n) is 15.1. The van der Waals surface area contributed by atoms with E-state index in [4.69, 9.17) is 34.8 Å². The molecule has 4 atom stereocenters. The first kappa shape index (κ1) is 48.6. The smallest absolute Gasteiger partial charge is 0.253 e. The molecule has 324 valence electrons. The van der Waals surface area contributed by atoms with Crippen LogP contribution < -0.4 is 0 Å². The normalized spacial score (nSPS) is 26.0. The zero-order valence-corrected chi connectivity index (χ0v) is 38.0. The predicted octanol–water partition coefficient (Wildman–Crippen LogP) is 9.34. The number of unbranched alkanes of at least 4 members (excludes halogenated alkanes) is 5. The monoisotopic (exact) mass is 848 g/mol. The summed E-state index contributed by atoms with van der Waals surface area (Å²) in [6.07, 6.45) is 13.0. The predicted molar refractivity (Wildman–Crippen MR) is 253 cm³/mol. The summed E-state index contributed by atoms with van der Waals surface area (Å²) in [6, 6.07) is 37.9. The van der Waals surface area contributed by atoms with Crippen LogP contribution >= 0.6 is 0 Å². The van der Waals surface area contributed by atoms with E-state index in [0.29, 0.717) is 28.7 Å². The van der Waals surface area contributed by atoms with E-state index >= 15 is 0 Å². The van der Waals surface area contributed by atoms with E-state index in [1.54, 1.807) is 21.3 Å². The van der Waals surface area contributed by atoms with Crippen molar-refractivity contribution in [3.8, 4) is 83.4 Å². The number of ether oxygens (including phenoxy) is 6. The van der Waals surface area contributed by atoms with Gasteiger partial charge in [-0.25, -0.2) is 0 Å². The number of hydrogen-bond acceptors (Lipinski definition) is 6. The summed E-state index contributed by atoms with van der Waals surface area (Å²) in [5, 5.41) is 0. The van der Waals surface area contributed by atoms with Crippen LogP contribution in [0.3, 0.4) is 0 Å². The standard InChI is InChI=1S/C58H56O6/c1-9-11-12-13-14-27-36-54(60-4)39-43-57(63-7,51-32-23-17-24-33-51)47-45-55(61-5,49-28-19-15-20-29-49)41-37-53(10-2,59-3)38-42-56(62-6,50-30-21-16-22-31-50)46-48-58(64-8,44-40-54)52-34-25-18-26-35-52/h2,15-26,28-35H,9,11-14,27,36H2,1,3-8H3. The van der Waals surface area contributed by atoms with Crippen molar-refractivity contribution in [3.63, 3.8) is 0 Å². The Morgan fingerprint density at radius 3 is 0.953 bits per heavy atom. The average Bonchev–Trinajstić information content (AvgIpc) is 3.37. The van der Waals surface area contributed by atoms with Gasteiger partial charge in [0.05, 0.1) is 0 Å². The first-order valence-electron chi connectivity index (χ1n) is 21.4. The maximum Gasteiger partial charge on any atom is 0.253 e. The highest BCUT2D eigenvalue weighted by Crippen LogP contribution is 2.32. The molecule has 0 saturated heterocycles. The Balaban J connectivity index is 1.97. The van der Waals surface area contributed by atoms with Crippen molar-refractivity contribution >= 4 is 0 Å². The third kappa shape index (κ3) is 11.2. The molecule has 0 amide bonds. The Hall–Kier alpha value is -6.44. The lowest BCUT2D eigenvalue weighted by molar-refractivity contribution is 0.0692. The molecule has 0 heterocycles. The molecule has 0 radical (unpaired) electrons. The number of hydrogen-bond donors (Lipinski definition) is 0.